The van der Waals surface area contributed by atoms with Gasteiger partial charge in [0, 0.05) is 5.69 Å². The Bertz CT molecular complexity index is 879. The van der Waals surface area contributed by atoms with Gasteiger partial charge in [0.25, 0.3) is 5.91 Å². The average Bonchev–Trinajstić information content (AvgIpc) is 3.03. The molecular weight excluding hydrogens is 304 g/mol. The topological polar surface area (TPSA) is 71.4 Å². The number of fused-ring (bicyclic) bond motifs is 1. The van der Waals surface area contributed by atoms with Crippen LogP contribution in [-0.2, 0) is 4.79 Å². The first-order valence-electron chi connectivity index (χ1n) is 7.47. The summed E-state index contributed by atoms with van der Waals surface area (Å²) in [6.45, 7) is 4.03. The third kappa shape index (κ3) is 3.23. The maximum Gasteiger partial charge on any atom is 0.266 e. The summed E-state index contributed by atoms with van der Waals surface area (Å²) in [7, 11) is 0. The van der Waals surface area contributed by atoms with Crippen LogP contribution in [0.4, 0.5) is 5.69 Å². The Labute approximate surface area is 140 Å². The summed E-state index contributed by atoms with van der Waals surface area (Å²) >= 11 is 0. The van der Waals surface area contributed by atoms with E-state index in [0.29, 0.717) is 22.7 Å². The number of carbonyl (C=O) groups is 1. The zero-order valence-electron chi connectivity index (χ0n) is 13.4. The molecule has 1 amide bonds. The van der Waals surface area contributed by atoms with Crippen molar-refractivity contribution in [1.82, 2.24) is 0 Å². The highest BCUT2D eigenvalue weighted by Crippen LogP contribution is 2.33. The lowest BCUT2D eigenvalue weighted by Gasteiger charge is -2.09. The van der Waals surface area contributed by atoms with Crippen molar-refractivity contribution in [3.8, 4) is 17.6 Å². The van der Waals surface area contributed by atoms with E-state index >= 15 is 0 Å². The molecule has 0 unspecified atom stereocenters. The number of carbonyl (C=O) groups excluding carboxylic acids is 1. The number of hydrogen-bond acceptors (Lipinski definition) is 4. The number of benzene rings is 2. The summed E-state index contributed by atoms with van der Waals surface area (Å²) in [5, 5.41) is 12.1. The largest absolute Gasteiger partial charge is 0.454 e. The van der Waals surface area contributed by atoms with Gasteiger partial charge in [0.15, 0.2) is 11.5 Å². The van der Waals surface area contributed by atoms with Crippen molar-refractivity contribution in [3.05, 3.63) is 58.7 Å². The number of hydrogen-bond donors (Lipinski definition) is 1. The van der Waals surface area contributed by atoms with Gasteiger partial charge in [-0.2, -0.15) is 5.26 Å². The Morgan fingerprint density at radius 3 is 2.75 bits per heavy atom. The van der Waals surface area contributed by atoms with Gasteiger partial charge in [-0.05, 0) is 54.8 Å². The summed E-state index contributed by atoms with van der Waals surface area (Å²) in [6.07, 6.45) is 1.53. The highest BCUT2D eigenvalue weighted by Gasteiger charge is 2.15. The maximum absolute atomic E-state index is 12.4. The highest BCUT2D eigenvalue weighted by molar-refractivity contribution is 6.10. The third-order valence-corrected chi connectivity index (χ3v) is 3.71. The minimum Gasteiger partial charge on any atom is -0.454 e. The molecule has 1 N–H and O–H groups in total. The Hall–Kier alpha value is -3.26. The van der Waals surface area contributed by atoms with Gasteiger partial charge in [-0.15, -0.1) is 0 Å². The summed E-state index contributed by atoms with van der Waals surface area (Å²) < 4.78 is 10.6. The first-order chi connectivity index (χ1) is 11.6. The fraction of sp³-hybridized carbons (Fsp3) is 0.158. The molecule has 0 aliphatic carbocycles. The van der Waals surface area contributed by atoms with Crippen molar-refractivity contribution in [2.45, 2.75) is 13.8 Å². The standard InChI is InChI=1S/C19H16N2O3/c1-12-3-4-13(2)16(7-12)21-19(22)15(10-20)8-14-5-6-17-18(9-14)24-11-23-17/h3-9H,11H2,1-2H3,(H,21,22). The fourth-order valence-corrected chi connectivity index (χ4v) is 2.38. The second-order valence-corrected chi connectivity index (χ2v) is 5.56. The normalized spacial score (nSPS) is 12.6. The Morgan fingerprint density at radius 2 is 1.96 bits per heavy atom. The van der Waals surface area contributed by atoms with Crippen LogP contribution in [-0.4, -0.2) is 12.7 Å². The van der Waals surface area contributed by atoms with Crippen LogP contribution < -0.4 is 14.8 Å². The van der Waals surface area contributed by atoms with Crippen molar-refractivity contribution in [3.63, 3.8) is 0 Å². The molecule has 0 atom stereocenters. The van der Waals surface area contributed by atoms with E-state index in [4.69, 9.17) is 9.47 Å². The van der Waals surface area contributed by atoms with Gasteiger partial charge in [-0.1, -0.05) is 18.2 Å². The van der Waals surface area contributed by atoms with Gasteiger partial charge in [0.2, 0.25) is 6.79 Å². The quantitative estimate of drug-likeness (QED) is 0.693. The minimum absolute atomic E-state index is 0.0229. The fourth-order valence-electron chi connectivity index (χ4n) is 2.38. The Balaban J connectivity index is 1.84. The van der Waals surface area contributed by atoms with Crippen LogP contribution in [0.3, 0.4) is 0 Å². The molecule has 1 aliphatic heterocycles. The van der Waals surface area contributed by atoms with E-state index in [2.05, 4.69) is 5.32 Å². The second-order valence-electron chi connectivity index (χ2n) is 5.56. The first kappa shape index (κ1) is 15.6. The molecule has 0 saturated carbocycles. The number of ether oxygens (including phenoxy) is 2. The lowest BCUT2D eigenvalue weighted by molar-refractivity contribution is -0.112. The number of nitrogens with zero attached hydrogens (tertiary/aromatic N) is 1. The molecule has 120 valence electrons. The van der Waals surface area contributed by atoms with Gasteiger partial charge in [-0.3, -0.25) is 4.79 Å². The Morgan fingerprint density at radius 1 is 1.17 bits per heavy atom. The number of anilines is 1. The summed E-state index contributed by atoms with van der Waals surface area (Å²) in [4.78, 5) is 12.4. The van der Waals surface area contributed by atoms with Crippen molar-refractivity contribution in [2.24, 2.45) is 0 Å². The molecule has 5 nitrogen and oxygen atoms in total. The van der Waals surface area contributed by atoms with E-state index in [1.807, 2.05) is 38.1 Å². The third-order valence-electron chi connectivity index (χ3n) is 3.71. The average molecular weight is 320 g/mol. The van der Waals surface area contributed by atoms with Crippen LogP contribution in [0.25, 0.3) is 6.08 Å². The van der Waals surface area contributed by atoms with Crippen LogP contribution in [0.15, 0.2) is 42.0 Å². The molecule has 2 aromatic rings. The molecule has 0 saturated heterocycles. The lowest BCUT2D eigenvalue weighted by atomic mass is 10.1. The van der Waals surface area contributed by atoms with Crippen LogP contribution >= 0.6 is 0 Å². The monoisotopic (exact) mass is 320 g/mol. The van der Waals surface area contributed by atoms with Crippen LogP contribution in [0.1, 0.15) is 16.7 Å². The zero-order valence-corrected chi connectivity index (χ0v) is 13.4. The first-order valence-corrected chi connectivity index (χ1v) is 7.47. The van der Waals surface area contributed by atoms with Crippen molar-refractivity contribution in [1.29, 1.82) is 5.26 Å². The number of aryl methyl sites for hydroxylation is 2. The van der Waals surface area contributed by atoms with Gasteiger partial charge in [0.1, 0.15) is 11.6 Å². The Kier molecular flexibility index (Phi) is 4.21. The summed E-state index contributed by atoms with van der Waals surface area (Å²) in [5.41, 5.74) is 3.40. The zero-order chi connectivity index (χ0) is 17.1. The number of nitriles is 1. The van der Waals surface area contributed by atoms with Crippen LogP contribution in [0.5, 0.6) is 11.5 Å². The minimum atomic E-state index is -0.441. The molecule has 0 spiro atoms. The molecule has 0 radical (unpaired) electrons. The van der Waals surface area contributed by atoms with E-state index in [0.717, 1.165) is 11.1 Å². The molecule has 0 bridgehead atoms. The molecule has 0 fully saturated rings. The predicted octanol–water partition coefficient (Wildman–Crippen LogP) is 3.58. The number of amides is 1. The summed E-state index contributed by atoms with van der Waals surface area (Å²) in [5.74, 6) is 0.824. The van der Waals surface area contributed by atoms with E-state index in [9.17, 15) is 10.1 Å². The van der Waals surface area contributed by atoms with Gasteiger partial charge in [-0.25, -0.2) is 0 Å². The summed E-state index contributed by atoms with van der Waals surface area (Å²) in [6, 6.07) is 13.0. The molecule has 3 rings (SSSR count). The van der Waals surface area contributed by atoms with Crippen molar-refractivity contribution in [2.75, 3.05) is 12.1 Å². The smallest absolute Gasteiger partial charge is 0.266 e. The molecule has 5 heteroatoms. The SMILES string of the molecule is Cc1ccc(C)c(NC(=O)C(C#N)=Cc2ccc3c(c2)OCO3)c1. The predicted molar refractivity (Wildman–Crippen MR) is 90.7 cm³/mol. The van der Waals surface area contributed by atoms with E-state index in [1.165, 1.54) is 6.08 Å². The molecule has 24 heavy (non-hydrogen) atoms. The van der Waals surface area contributed by atoms with Crippen LogP contribution in [0, 0.1) is 25.2 Å². The second kappa shape index (κ2) is 6.47. The van der Waals surface area contributed by atoms with E-state index in [1.54, 1.807) is 18.2 Å². The molecular formula is C19H16N2O3. The van der Waals surface area contributed by atoms with Gasteiger partial charge in [0.05, 0.1) is 0 Å². The molecule has 2 aromatic carbocycles. The maximum atomic E-state index is 12.4. The molecule has 0 aromatic heterocycles. The van der Waals surface area contributed by atoms with Gasteiger partial charge >= 0.3 is 0 Å². The van der Waals surface area contributed by atoms with Gasteiger partial charge < -0.3 is 14.8 Å². The van der Waals surface area contributed by atoms with E-state index < -0.39 is 5.91 Å². The van der Waals surface area contributed by atoms with E-state index in [-0.39, 0.29) is 12.4 Å². The number of rotatable bonds is 3. The number of nitrogens with one attached hydrogen (secondary N) is 1. The molecule has 1 heterocycles. The highest BCUT2D eigenvalue weighted by atomic mass is 16.7. The lowest BCUT2D eigenvalue weighted by Crippen LogP contribution is -2.14. The van der Waals surface area contributed by atoms with Crippen LogP contribution in [0.2, 0.25) is 0 Å². The van der Waals surface area contributed by atoms with Crippen molar-refractivity contribution < 1.29 is 14.3 Å². The van der Waals surface area contributed by atoms with Crippen molar-refractivity contribution >= 4 is 17.7 Å². The molecule has 1 aliphatic rings.